The highest BCUT2D eigenvalue weighted by atomic mass is 28.4. The first-order chi connectivity index (χ1) is 5.66. The average Bonchev–Trinajstić information content (AvgIpc) is 1.81. The van der Waals surface area contributed by atoms with Crippen molar-refractivity contribution >= 4 is 22.5 Å². The third kappa shape index (κ3) is 7.01. The van der Waals surface area contributed by atoms with E-state index in [4.69, 9.17) is 4.43 Å². The van der Waals surface area contributed by atoms with Crippen LogP contribution in [0.1, 0.15) is 13.8 Å². The van der Waals surface area contributed by atoms with E-state index in [0.29, 0.717) is 0 Å². The monoisotopic (exact) mass is 217 g/mol. The minimum absolute atomic E-state index is 0.901. The minimum atomic E-state index is -1.45. The van der Waals surface area contributed by atoms with Crippen molar-refractivity contribution in [2.45, 2.75) is 52.6 Å². The smallest absolute Gasteiger partial charge is 0.246 e. The molecule has 13 heavy (non-hydrogen) atoms. The van der Waals surface area contributed by atoms with Crippen molar-refractivity contribution < 1.29 is 4.43 Å². The molecule has 0 fully saturated rings. The molecular formula is C9H23NOSi2. The summed E-state index contributed by atoms with van der Waals surface area (Å²) in [6.45, 7) is 15.3. The molecule has 0 spiro atoms. The number of nitrogens with zero attached hydrogens (tertiary/aromatic N) is 1. The first-order valence-corrected chi connectivity index (χ1v) is 11.5. The van der Waals surface area contributed by atoms with E-state index in [9.17, 15) is 0 Å². The largest absolute Gasteiger partial charge is 0.535 e. The van der Waals surface area contributed by atoms with Crippen LogP contribution in [0.25, 0.3) is 0 Å². The summed E-state index contributed by atoms with van der Waals surface area (Å²) in [5, 5.41) is 0. The van der Waals surface area contributed by atoms with Gasteiger partial charge >= 0.3 is 0 Å². The lowest BCUT2D eigenvalue weighted by atomic mass is 10.8. The standard InChI is InChI=1S/C9H23NOSi2/c1-8-13(6,7)11-9(2)10-12(3,4)5/h8H2,1-7H3. The van der Waals surface area contributed by atoms with E-state index in [-0.39, 0.29) is 0 Å². The summed E-state index contributed by atoms with van der Waals surface area (Å²) in [5.74, 6) is 0.901. The van der Waals surface area contributed by atoms with Crippen LogP contribution in [0.15, 0.2) is 4.66 Å². The lowest BCUT2D eigenvalue weighted by Gasteiger charge is -2.23. The Morgan fingerprint density at radius 1 is 1.15 bits per heavy atom. The van der Waals surface area contributed by atoms with Gasteiger partial charge in [0.15, 0.2) is 14.1 Å². The van der Waals surface area contributed by atoms with Crippen LogP contribution in [0.2, 0.25) is 38.8 Å². The SMILES string of the molecule is CC[Si](C)(C)OC(C)=N[Si](C)(C)C. The van der Waals surface area contributed by atoms with E-state index in [2.05, 4.69) is 44.3 Å². The lowest BCUT2D eigenvalue weighted by molar-refractivity contribution is 0.540. The van der Waals surface area contributed by atoms with Gasteiger partial charge in [-0.1, -0.05) is 6.92 Å². The van der Waals surface area contributed by atoms with E-state index in [1.54, 1.807) is 0 Å². The molecule has 0 atom stereocenters. The fourth-order valence-electron chi connectivity index (χ4n) is 0.967. The second-order valence-electron chi connectivity index (χ2n) is 5.02. The van der Waals surface area contributed by atoms with Gasteiger partial charge < -0.3 is 4.43 Å². The highest BCUT2D eigenvalue weighted by Gasteiger charge is 2.22. The van der Waals surface area contributed by atoms with Gasteiger partial charge in [-0.2, -0.15) is 0 Å². The van der Waals surface area contributed by atoms with Crippen LogP contribution in [-0.4, -0.2) is 22.5 Å². The van der Waals surface area contributed by atoms with E-state index in [1.807, 2.05) is 6.92 Å². The maximum absolute atomic E-state index is 5.89. The molecule has 0 aliphatic carbocycles. The minimum Gasteiger partial charge on any atom is -0.535 e. The topological polar surface area (TPSA) is 21.6 Å². The molecule has 0 saturated carbocycles. The third-order valence-corrected chi connectivity index (χ3v) is 5.30. The van der Waals surface area contributed by atoms with Crippen molar-refractivity contribution in [3.8, 4) is 0 Å². The Hall–Kier alpha value is -0.0962. The Labute approximate surface area is 84.6 Å². The Morgan fingerprint density at radius 3 is 1.92 bits per heavy atom. The van der Waals surface area contributed by atoms with Crippen LogP contribution in [0, 0.1) is 0 Å². The van der Waals surface area contributed by atoms with Crippen LogP contribution in [0.4, 0.5) is 0 Å². The van der Waals surface area contributed by atoms with Crippen LogP contribution < -0.4 is 0 Å². The molecule has 0 N–H and O–H groups in total. The molecule has 0 aromatic carbocycles. The molecule has 0 aromatic heterocycles. The first kappa shape index (κ1) is 12.9. The summed E-state index contributed by atoms with van der Waals surface area (Å²) < 4.78 is 10.5. The molecule has 0 saturated heterocycles. The van der Waals surface area contributed by atoms with E-state index >= 15 is 0 Å². The number of hydrogen-bond acceptors (Lipinski definition) is 2. The van der Waals surface area contributed by atoms with Crippen LogP contribution in [-0.2, 0) is 4.43 Å². The van der Waals surface area contributed by atoms with E-state index in [1.165, 1.54) is 0 Å². The van der Waals surface area contributed by atoms with Gasteiger partial charge in [0.2, 0.25) is 8.32 Å². The second kappa shape index (κ2) is 4.42. The highest BCUT2D eigenvalue weighted by Crippen LogP contribution is 2.12. The molecule has 2 nitrogen and oxygen atoms in total. The predicted molar refractivity (Wildman–Crippen MR) is 65.5 cm³/mol. The molecule has 0 aliphatic heterocycles. The van der Waals surface area contributed by atoms with Crippen LogP contribution in [0.5, 0.6) is 0 Å². The Balaban J connectivity index is 4.31. The number of hydrogen-bond donors (Lipinski definition) is 0. The fourth-order valence-corrected chi connectivity index (χ4v) is 3.04. The van der Waals surface area contributed by atoms with Crippen LogP contribution >= 0.6 is 0 Å². The predicted octanol–water partition coefficient (Wildman–Crippen LogP) is 3.48. The summed E-state index contributed by atoms with van der Waals surface area (Å²) in [6.07, 6.45) is 0. The fraction of sp³-hybridized carbons (Fsp3) is 0.889. The Kier molecular flexibility index (Phi) is 4.38. The van der Waals surface area contributed by atoms with Gasteiger partial charge in [0.1, 0.15) is 0 Å². The normalized spacial score (nSPS) is 14.5. The first-order valence-electron chi connectivity index (χ1n) is 4.92. The van der Waals surface area contributed by atoms with Gasteiger partial charge in [0.25, 0.3) is 0 Å². The van der Waals surface area contributed by atoms with E-state index < -0.39 is 16.6 Å². The van der Waals surface area contributed by atoms with Crippen molar-refractivity contribution in [1.82, 2.24) is 0 Å². The summed E-state index contributed by atoms with van der Waals surface area (Å²) in [4.78, 5) is 0. The quantitative estimate of drug-likeness (QED) is 0.403. The summed E-state index contributed by atoms with van der Waals surface area (Å²) >= 11 is 0. The molecule has 0 aromatic rings. The van der Waals surface area contributed by atoms with Crippen molar-refractivity contribution in [3.63, 3.8) is 0 Å². The third-order valence-electron chi connectivity index (χ3n) is 1.77. The van der Waals surface area contributed by atoms with Gasteiger partial charge in [0.05, 0.1) is 0 Å². The molecule has 0 aliphatic rings. The van der Waals surface area contributed by atoms with E-state index in [0.717, 1.165) is 11.9 Å². The maximum atomic E-state index is 5.89. The zero-order chi connectivity index (χ0) is 10.7. The summed E-state index contributed by atoms with van der Waals surface area (Å²) in [6, 6.07) is 1.14. The number of rotatable bonds is 3. The molecule has 0 unspecified atom stereocenters. The van der Waals surface area contributed by atoms with Gasteiger partial charge in [-0.05, 0) is 38.8 Å². The Morgan fingerprint density at radius 2 is 1.62 bits per heavy atom. The molecule has 0 amide bonds. The molecule has 0 bridgehead atoms. The molecule has 0 radical (unpaired) electrons. The lowest BCUT2D eigenvalue weighted by Crippen LogP contribution is -2.33. The van der Waals surface area contributed by atoms with Gasteiger partial charge in [-0.25, -0.2) is 0 Å². The zero-order valence-corrected chi connectivity index (χ0v) is 12.1. The highest BCUT2D eigenvalue weighted by molar-refractivity contribution is 6.76. The van der Waals surface area contributed by atoms with Crippen molar-refractivity contribution in [2.75, 3.05) is 0 Å². The average molecular weight is 217 g/mol. The van der Waals surface area contributed by atoms with Gasteiger partial charge in [0, 0.05) is 6.92 Å². The summed E-state index contributed by atoms with van der Waals surface area (Å²) in [5.41, 5.74) is 0. The second-order valence-corrected chi connectivity index (χ2v) is 14.0. The molecule has 78 valence electrons. The molecule has 4 heteroatoms. The Bertz CT molecular complexity index is 194. The molecular weight excluding hydrogens is 194 g/mol. The van der Waals surface area contributed by atoms with Gasteiger partial charge in [-0.3, -0.25) is 4.66 Å². The van der Waals surface area contributed by atoms with Crippen LogP contribution in [0.3, 0.4) is 0 Å². The van der Waals surface area contributed by atoms with Crippen molar-refractivity contribution in [1.29, 1.82) is 0 Å². The molecule has 0 heterocycles. The zero-order valence-electron chi connectivity index (χ0n) is 10.1. The van der Waals surface area contributed by atoms with Crippen molar-refractivity contribution in [2.24, 2.45) is 4.66 Å². The summed E-state index contributed by atoms with van der Waals surface area (Å²) in [7, 11) is -2.80. The van der Waals surface area contributed by atoms with Gasteiger partial charge in [-0.15, -0.1) is 0 Å². The maximum Gasteiger partial charge on any atom is 0.246 e. The molecule has 0 rings (SSSR count). The van der Waals surface area contributed by atoms with Crippen molar-refractivity contribution in [3.05, 3.63) is 0 Å².